The molecule has 0 aliphatic carbocycles. The van der Waals surface area contributed by atoms with E-state index in [0.29, 0.717) is 0 Å². The monoisotopic (exact) mass is 421 g/mol. The summed E-state index contributed by atoms with van der Waals surface area (Å²) in [4.78, 5) is 14.1. The van der Waals surface area contributed by atoms with Crippen LogP contribution in [0, 0.1) is 5.82 Å². The van der Waals surface area contributed by atoms with Crippen LogP contribution in [0.5, 0.6) is 5.75 Å². The second-order valence-electron chi connectivity index (χ2n) is 8.36. The Morgan fingerprint density at radius 2 is 1.79 bits per heavy atom. The molecular formula is C19H23F4NO5. The molecular weight excluding hydrogens is 398 g/mol. The summed E-state index contributed by atoms with van der Waals surface area (Å²) >= 11 is 0. The molecule has 1 N–H and O–H groups in total. The molecule has 2 heterocycles. The summed E-state index contributed by atoms with van der Waals surface area (Å²) in [6, 6.07) is 1.28. The summed E-state index contributed by atoms with van der Waals surface area (Å²) in [5.74, 6) is -1.48. The van der Waals surface area contributed by atoms with Crippen LogP contribution in [0.2, 0.25) is 0 Å². The zero-order chi connectivity index (χ0) is 21.6. The predicted octanol–water partition coefficient (Wildman–Crippen LogP) is 3.71. The third-order valence-corrected chi connectivity index (χ3v) is 4.83. The van der Waals surface area contributed by atoms with E-state index in [0.717, 1.165) is 18.2 Å². The van der Waals surface area contributed by atoms with Crippen LogP contribution in [0.25, 0.3) is 0 Å². The second kappa shape index (κ2) is 7.32. The Kier molecular flexibility index (Phi) is 5.46. The molecule has 2 atom stereocenters. The molecule has 2 bridgehead atoms. The lowest BCUT2D eigenvalue weighted by atomic mass is 9.76. The van der Waals surface area contributed by atoms with E-state index in [9.17, 15) is 27.5 Å². The summed E-state index contributed by atoms with van der Waals surface area (Å²) in [6.07, 6.45) is -5.75. The Morgan fingerprint density at radius 3 is 2.31 bits per heavy atom. The van der Waals surface area contributed by atoms with Crippen molar-refractivity contribution < 1.29 is 41.7 Å². The maximum atomic E-state index is 14.5. The maximum Gasteiger partial charge on any atom is 0.573 e. The van der Waals surface area contributed by atoms with Gasteiger partial charge in [0.2, 0.25) is 0 Å². The Hall–Kier alpha value is -2.07. The molecule has 2 saturated heterocycles. The maximum absolute atomic E-state index is 14.5. The van der Waals surface area contributed by atoms with Gasteiger partial charge in [-0.3, -0.25) is 4.90 Å². The zero-order valence-corrected chi connectivity index (χ0v) is 16.3. The van der Waals surface area contributed by atoms with Crippen LogP contribution in [0.3, 0.4) is 0 Å². The van der Waals surface area contributed by atoms with Gasteiger partial charge in [-0.25, -0.2) is 9.18 Å². The molecule has 2 unspecified atom stereocenters. The first-order valence-corrected chi connectivity index (χ1v) is 9.15. The number of hydrogen-bond donors (Lipinski definition) is 1. The van der Waals surface area contributed by atoms with Crippen molar-refractivity contribution in [3.63, 3.8) is 0 Å². The summed E-state index contributed by atoms with van der Waals surface area (Å²) in [6.45, 7) is 5.35. The predicted molar refractivity (Wildman–Crippen MR) is 92.7 cm³/mol. The van der Waals surface area contributed by atoms with E-state index in [1.54, 1.807) is 20.8 Å². The van der Waals surface area contributed by atoms with Gasteiger partial charge in [-0.1, -0.05) is 0 Å². The highest BCUT2D eigenvalue weighted by Crippen LogP contribution is 2.43. The lowest BCUT2D eigenvalue weighted by Crippen LogP contribution is -2.63. The molecule has 6 nitrogen and oxygen atoms in total. The van der Waals surface area contributed by atoms with Gasteiger partial charge in [0.15, 0.2) is 0 Å². The number of carbonyl (C=O) groups is 1. The fraction of sp³-hybridized carbons (Fsp3) is 0.632. The topological polar surface area (TPSA) is 68.2 Å². The summed E-state index contributed by atoms with van der Waals surface area (Å²) in [7, 11) is 0. The van der Waals surface area contributed by atoms with Gasteiger partial charge in [0.1, 0.15) is 17.2 Å². The van der Waals surface area contributed by atoms with E-state index in [4.69, 9.17) is 9.47 Å². The fourth-order valence-electron chi connectivity index (χ4n) is 3.87. The molecule has 0 saturated carbocycles. The highest BCUT2D eigenvalue weighted by molar-refractivity contribution is 5.69. The van der Waals surface area contributed by atoms with Gasteiger partial charge in [0.25, 0.3) is 0 Å². The van der Waals surface area contributed by atoms with Crippen molar-refractivity contribution in [1.82, 2.24) is 4.90 Å². The van der Waals surface area contributed by atoms with Crippen molar-refractivity contribution in [3.8, 4) is 5.75 Å². The Morgan fingerprint density at radius 1 is 1.21 bits per heavy atom. The molecule has 1 aromatic carbocycles. The minimum atomic E-state index is -4.94. The van der Waals surface area contributed by atoms with Gasteiger partial charge >= 0.3 is 12.5 Å². The summed E-state index contributed by atoms with van der Waals surface area (Å²) in [5.41, 5.74) is -2.82. The molecule has 0 aromatic heterocycles. The van der Waals surface area contributed by atoms with Crippen LogP contribution in [0.4, 0.5) is 22.4 Å². The molecule has 3 rings (SSSR count). The number of benzene rings is 1. The van der Waals surface area contributed by atoms with E-state index >= 15 is 0 Å². The molecule has 2 fully saturated rings. The Bertz CT molecular complexity index is 763. The van der Waals surface area contributed by atoms with Gasteiger partial charge in [-0.2, -0.15) is 0 Å². The Balaban J connectivity index is 1.88. The second-order valence-corrected chi connectivity index (χ2v) is 8.36. The van der Waals surface area contributed by atoms with E-state index in [1.807, 2.05) is 0 Å². The van der Waals surface area contributed by atoms with Crippen LogP contribution in [-0.4, -0.2) is 53.4 Å². The van der Waals surface area contributed by atoms with Gasteiger partial charge in [0.05, 0.1) is 30.9 Å². The highest BCUT2D eigenvalue weighted by atomic mass is 19.4. The number of nitrogens with zero attached hydrogens (tertiary/aromatic N) is 1. The first-order chi connectivity index (χ1) is 13.3. The number of fused-ring (bicyclic) bond motifs is 2. The summed E-state index contributed by atoms with van der Waals surface area (Å²) < 4.78 is 66.8. The molecule has 2 aliphatic rings. The average Bonchev–Trinajstić information content (AvgIpc) is 2.52. The van der Waals surface area contributed by atoms with Crippen LogP contribution in [-0.2, 0) is 15.1 Å². The number of rotatable bonds is 2. The quantitative estimate of drug-likeness (QED) is 0.738. The van der Waals surface area contributed by atoms with Gasteiger partial charge < -0.3 is 19.3 Å². The van der Waals surface area contributed by atoms with Crippen molar-refractivity contribution in [2.24, 2.45) is 0 Å². The van der Waals surface area contributed by atoms with Crippen LogP contribution in [0.1, 0.15) is 39.2 Å². The number of halogens is 4. The van der Waals surface area contributed by atoms with Crippen molar-refractivity contribution in [3.05, 3.63) is 29.6 Å². The highest BCUT2D eigenvalue weighted by Gasteiger charge is 2.51. The largest absolute Gasteiger partial charge is 0.573 e. The molecule has 1 aromatic rings. The van der Waals surface area contributed by atoms with E-state index in [1.165, 1.54) is 4.90 Å². The van der Waals surface area contributed by atoms with Crippen molar-refractivity contribution in [1.29, 1.82) is 0 Å². The lowest BCUT2D eigenvalue weighted by molar-refractivity contribution is -0.274. The Labute approximate surface area is 165 Å². The number of piperidine rings is 1. The smallest absolute Gasteiger partial charge is 0.444 e. The zero-order valence-electron chi connectivity index (χ0n) is 16.3. The first kappa shape index (κ1) is 21.6. The number of alkyl halides is 3. The third-order valence-electron chi connectivity index (χ3n) is 4.83. The number of hydrogen-bond acceptors (Lipinski definition) is 5. The number of morpholine rings is 1. The minimum absolute atomic E-state index is 0.0956. The number of ether oxygens (including phenoxy) is 3. The molecule has 0 radical (unpaired) electrons. The van der Waals surface area contributed by atoms with E-state index in [2.05, 4.69) is 4.74 Å². The van der Waals surface area contributed by atoms with Crippen LogP contribution < -0.4 is 4.74 Å². The number of amides is 1. The number of aliphatic hydroxyl groups is 1. The van der Waals surface area contributed by atoms with E-state index in [-0.39, 0.29) is 31.6 Å². The fourth-order valence-corrected chi connectivity index (χ4v) is 3.87. The summed E-state index contributed by atoms with van der Waals surface area (Å²) in [5, 5.41) is 11.2. The van der Waals surface area contributed by atoms with Crippen molar-refractivity contribution >= 4 is 6.09 Å². The third kappa shape index (κ3) is 4.92. The standard InChI is InChI=1S/C19H23F4NO5/c1-17(2,3)29-16(25)24-11-7-18(26,8-12(24)10-27-9-11)14-6-13(4-5-15(14)20)28-19(21,22)23/h4-6,11-12,26H,7-10H2,1-3H3. The van der Waals surface area contributed by atoms with Crippen LogP contribution >= 0.6 is 0 Å². The average molecular weight is 421 g/mol. The first-order valence-electron chi connectivity index (χ1n) is 9.15. The molecule has 162 valence electrons. The van der Waals surface area contributed by atoms with Crippen LogP contribution in [0.15, 0.2) is 18.2 Å². The van der Waals surface area contributed by atoms with Gasteiger partial charge in [0, 0.05) is 18.4 Å². The molecule has 1 amide bonds. The van der Waals surface area contributed by atoms with Crippen molar-refractivity contribution in [2.75, 3.05) is 13.2 Å². The van der Waals surface area contributed by atoms with Gasteiger partial charge in [-0.15, -0.1) is 13.2 Å². The molecule has 0 spiro atoms. The molecule has 2 aliphatic heterocycles. The van der Waals surface area contributed by atoms with Crippen molar-refractivity contribution in [2.45, 2.75) is 63.3 Å². The normalized spacial score (nSPS) is 27.5. The SMILES string of the molecule is CC(C)(C)OC(=O)N1C2COCC1CC(O)(c1cc(OC(F)(F)F)ccc1F)C2. The molecule has 10 heteroatoms. The van der Waals surface area contributed by atoms with E-state index < -0.39 is 47.3 Å². The molecule has 29 heavy (non-hydrogen) atoms. The lowest BCUT2D eigenvalue weighted by Gasteiger charge is -2.51. The number of carbonyl (C=O) groups excluding carboxylic acids is 1. The van der Waals surface area contributed by atoms with Gasteiger partial charge in [-0.05, 0) is 39.0 Å². The minimum Gasteiger partial charge on any atom is -0.444 e.